The summed E-state index contributed by atoms with van der Waals surface area (Å²) in [7, 11) is 2.31. The summed E-state index contributed by atoms with van der Waals surface area (Å²) in [6.07, 6.45) is -4.43. The molecule has 1 heterocycles. The van der Waals surface area contributed by atoms with Crippen LogP contribution in [0.3, 0.4) is 0 Å². The van der Waals surface area contributed by atoms with Gasteiger partial charge < -0.3 is 4.48 Å². The van der Waals surface area contributed by atoms with Crippen LogP contribution >= 0.6 is 0 Å². The van der Waals surface area contributed by atoms with Crippen LogP contribution in [-0.2, 0) is 19.3 Å². The summed E-state index contributed by atoms with van der Waals surface area (Å²) in [6.45, 7) is 12.1. The average molecular weight is 615 g/mol. The maximum absolute atomic E-state index is 14.2. The van der Waals surface area contributed by atoms with Crippen molar-refractivity contribution >= 4 is 21.5 Å². The molecule has 0 aliphatic carbocycles. The summed E-state index contributed by atoms with van der Waals surface area (Å²) < 4.78 is 43.3. The molecule has 232 valence electrons. The van der Waals surface area contributed by atoms with Crippen LogP contribution in [0.4, 0.5) is 13.2 Å². The van der Waals surface area contributed by atoms with Crippen LogP contribution in [0.1, 0.15) is 47.2 Å². The molecule has 1 aliphatic rings. The molecule has 6 aromatic rings. The Balaban J connectivity index is 1.70. The number of hydrogen-bond acceptors (Lipinski definition) is 0. The van der Waals surface area contributed by atoms with Gasteiger partial charge in [-0.3, -0.25) is 0 Å². The molecule has 7 rings (SSSR count). The van der Waals surface area contributed by atoms with Gasteiger partial charge in [0.2, 0.25) is 0 Å². The Kier molecular flexibility index (Phi) is 7.13. The van der Waals surface area contributed by atoms with E-state index in [0.29, 0.717) is 17.7 Å². The Hall–Kier alpha value is -4.41. The van der Waals surface area contributed by atoms with Gasteiger partial charge in [0, 0.05) is 22.3 Å². The lowest BCUT2D eigenvalue weighted by Gasteiger charge is -2.39. The van der Waals surface area contributed by atoms with Gasteiger partial charge in [0.1, 0.15) is 13.1 Å². The number of alkyl halides is 3. The Morgan fingerprint density at radius 1 is 0.587 bits per heavy atom. The van der Waals surface area contributed by atoms with Gasteiger partial charge in [-0.15, -0.1) is 0 Å². The van der Waals surface area contributed by atoms with Gasteiger partial charge in [-0.05, 0) is 108 Å². The van der Waals surface area contributed by atoms with E-state index in [9.17, 15) is 13.2 Å². The third-order valence-electron chi connectivity index (χ3n) is 10.1. The molecule has 1 nitrogen and oxygen atoms in total. The monoisotopic (exact) mass is 614 g/mol. The van der Waals surface area contributed by atoms with Crippen LogP contribution in [0.15, 0.2) is 97.1 Å². The van der Waals surface area contributed by atoms with Gasteiger partial charge in [0.25, 0.3) is 0 Å². The molecule has 0 saturated carbocycles. The van der Waals surface area contributed by atoms with E-state index >= 15 is 0 Å². The van der Waals surface area contributed by atoms with Gasteiger partial charge in [-0.2, -0.15) is 13.2 Å². The fraction of sp³-hybridized carbons (Fsp3) is 0.238. The van der Waals surface area contributed by atoms with E-state index < -0.39 is 11.7 Å². The molecule has 0 N–H and O–H groups in total. The van der Waals surface area contributed by atoms with E-state index in [1.165, 1.54) is 50.9 Å². The topological polar surface area (TPSA) is 0 Å². The number of aryl methyl sites for hydroxylation is 3. The third kappa shape index (κ3) is 5.09. The molecule has 0 radical (unpaired) electrons. The molecular formula is C42H39F3N+. The van der Waals surface area contributed by atoms with Crippen LogP contribution in [0.2, 0.25) is 0 Å². The van der Waals surface area contributed by atoms with E-state index in [2.05, 4.69) is 108 Å². The molecule has 1 atom stereocenters. The van der Waals surface area contributed by atoms with Crippen molar-refractivity contribution in [1.82, 2.24) is 0 Å². The fourth-order valence-corrected chi connectivity index (χ4v) is 7.57. The van der Waals surface area contributed by atoms with Crippen molar-refractivity contribution in [2.24, 2.45) is 0 Å². The summed E-state index contributed by atoms with van der Waals surface area (Å²) in [5.41, 5.74) is 11.1. The average Bonchev–Trinajstić information content (AvgIpc) is 3.14. The van der Waals surface area contributed by atoms with Gasteiger partial charge >= 0.3 is 6.18 Å². The minimum Gasteiger partial charge on any atom is -0.317 e. The first-order chi connectivity index (χ1) is 21.8. The molecule has 1 unspecified atom stereocenters. The lowest BCUT2D eigenvalue weighted by atomic mass is 9.81. The van der Waals surface area contributed by atoms with Crippen LogP contribution in [-0.4, -0.2) is 17.6 Å². The number of rotatable bonds is 3. The number of benzene rings is 6. The molecule has 0 amide bonds. The molecule has 1 aliphatic heterocycles. The van der Waals surface area contributed by atoms with Crippen molar-refractivity contribution in [2.75, 3.05) is 7.05 Å². The number of fused-ring (bicyclic) bond motifs is 7. The SMILES string of the molecule is Cc1cc(C)cc(-c2cc3ccccc3c3c2C[N+](C)(C(C)C)Cc2c(-c4cc(C)cc(C(F)(F)F)c4)cc4ccccc4c2-3)c1. The first-order valence-electron chi connectivity index (χ1n) is 16.0. The van der Waals surface area contributed by atoms with E-state index in [1.807, 2.05) is 12.1 Å². The lowest BCUT2D eigenvalue weighted by molar-refractivity contribution is -0.954. The van der Waals surface area contributed by atoms with Crippen LogP contribution in [0, 0.1) is 20.8 Å². The predicted octanol–water partition coefficient (Wildman–Crippen LogP) is 11.8. The van der Waals surface area contributed by atoms with Crippen LogP contribution < -0.4 is 0 Å². The normalized spacial score (nSPS) is 16.5. The number of hydrogen-bond donors (Lipinski definition) is 0. The smallest absolute Gasteiger partial charge is 0.317 e. The van der Waals surface area contributed by atoms with Gasteiger partial charge in [-0.25, -0.2) is 0 Å². The van der Waals surface area contributed by atoms with Crippen molar-refractivity contribution in [3.63, 3.8) is 0 Å². The van der Waals surface area contributed by atoms with Crippen molar-refractivity contribution in [2.45, 2.75) is 59.9 Å². The zero-order chi connectivity index (χ0) is 32.5. The lowest BCUT2D eigenvalue weighted by Crippen LogP contribution is -2.47. The molecule has 0 aromatic heterocycles. The van der Waals surface area contributed by atoms with Gasteiger partial charge in [0.15, 0.2) is 0 Å². The minimum absolute atomic E-state index is 0.264. The van der Waals surface area contributed by atoms with E-state index in [-0.39, 0.29) is 6.04 Å². The first-order valence-corrected chi connectivity index (χ1v) is 16.0. The molecule has 0 fully saturated rings. The second-order valence-electron chi connectivity index (χ2n) is 13.8. The maximum atomic E-state index is 14.2. The first kappa shape index (κ1) is 30.3. The number of halogens is 3. The largest absolute Gasteiger partial charge is 0.416 e. The van der Waals surface area contributed by atoms with Crippen molar-refractivity contribution in [3.8, 4) is 33.4 Å². The molecule has 0 bridgehead atoms. The minimum atomic E-state index is -4.43. The predicted molar refractivity (Wildman–Crippen MR) is 186 cm³/mol. The van der Waals surface area contributed by atoms with E-state index in [0.717, 1.165) is 43.9 Å². The molecule has 4 heteroatoms. The highest BCUT2D eigenvalue weighted by Crippen LogP contribution is 2.50. The Morgan fingerprint density at radius 3 is 1.48 bits per heavy atom. The highest BCUT2D eigenvalue weighted by atomic mass is 19.4. The van der Waals surface area contributed by atoms with Crippen molar-refractivity contribution < 1.29 is 17.7 Å². The molecule has 0 saturated heterocycles. The summed E-state index contributed by atoms with van der Waals surface area (Å²) in [5.74, 6) is 0. The molecule has 6 aromatic carbocycles. The van der Waals surface area contributed by atoms with Crippen molar-refractivity contribution in [3.05, 3.63) is 130 Å². The summed E-state index contributed by atoms with van der Waals surface area (Å²) >= 11 is 0. The Bertz CT molecular complexity index is 2150. The molecular weight excluding hydrogens is 575 g/mol. The summed E-state index contributed by atoms with van der Waals surface area (Å²) in [6, 6.07) is 33.0. The molecule has 0 spiro atoms. The highest BCUT2D eigenvalue weighted by Gasteiger charge is 2.38. The van der Waals surface area contributed by atoms with Crippen molar-refractivity contribution in [1.29, 1.82) is 0 Å². The number of quaternary nitrogens is 1. The second kappa shape index (κ2) is 10.8. The van der Waals surface area contributed by atoms with E-state index in [1.54, 1.807) is 6.92 Å². The quantitative estimate of drug-likeness (QED) is 0.174. The van der Waals surface area contributed by atoms with E-state index in [4.69, 9.17) is 0 Å². The van der Waals surface area contributed by atoms with Crippen LogP contribution in [0.25, 0.3) is 54.9 Å². The highest BCUT2D eigenvalue weighted by molar-refractivity contribution is 6.12. The number of nitrogens with zero attached hydrogens (tertiary/aromatic N) is 1. The van der Waals surface area contributed by atoms with Gasteiger partial charge in [0.05, 0.1) is 18.7 Å². The molecule has 46 heavy (non-hydrogen) atoms. The maximum Gasteiger partial charge on any atom is 0.416 e. The summed E-state index contributed by atoms with van der Waals surface area (Å²) in [4.78, 5) is 0. The third-order valence-corrected chi connectivity index (χ3v) is 10.1. The fourth-order valence-electron chi connectivity index (χ4n) is 7.57. The Morgan fingerprint density at radius 2 is 1.02 bits per heavy atom. The Labute approximate surface area is 269 Å². The standard InChI is InChI=1S/C42H39F3N/c1-25(2)46(6)23-38-36(31-16-26(3)15-27(4)17-31)21-29-11-7-9-13-34(29)40(38)41-35-14-10-8-12-30(35)22-37(39(41)24-46)32-18-28(5)19-33(20-32)42(43,44)45/h7-22,25H,23-24H2,1-6H3/q+1. The van der Waals surface area contributed by atoms with Gasteiger partial charge in [-0.1, -0.05) is 83.9 Å². The summed E-state index contributed by atoms with van der Waals surface area (Å²) in [5, 5.41) is 4.49. The second-order valence-corrected chi connectivity index (χ2v) is 13.8. The zero-order valence-electron chi connectivity index (χ0n) is 27.3. The zero-order valence-corrected chi connectivity index (χ0v) is 27.3. The van der Waals surface area contributed by atoms with Crippen LogP contribution in [0.5, 0.6) is 0 Å².